The van der Waals surface area contributed by atoms with Gasteiger partial charge in [0.05, 0.1) is 30.4 Å². The fraction of sp³-hybridized carbons (Fsp3) is 0.120. The number of aromatic nitrogens is 3. The molecule has 4 aromatic rings. The molecule has 0 saturated carbocycles. The zero-order chi connectivity index (χ0) is 24.1. The lowest BCUT2D eigenvalue weighted by Gasteiger charge is -2.25. The summed E-state index contributed by atoms with van der Waals surface area (Å²) in [5.74, 6) is 1.43. The van der Waals surface area contributed by atoms with Gasteiger partial charge in [0.2, 0.25) is 0 Å². The van der Waals surface area contributed by atoms with E-state index >= 15 is 0 Å². The molecule has 0 aliphatic rings. The van der Waals surface area contributed by atoms with Crippen LogP contribution in [0.3, 0.4) is 0 Å². The molecule has 9 heteroatoms. The molecular weight excluding hydrogens is 454 g/mol. The van der Waals surface area contributed by atoms with E-state index in [0.29, 0.717) is 39.5 Å². The number of ether oxygens (including phenoxy) is 2. The Hall–Kier alpha value is -4.17. The van der Waals surface area contributed by atoms with Crippen molar-refractivity contribution in [2.24, 2.45) is 0 Å². The number of para-hydroxylation sites is 1. The number of rotatable bonds is 6. The molecule has 2 aromatic heterocycles. The van der Waals surface area contributed by atoms with Gasteiger partial charge in [-0.1, -0.05) is 29.8 Å². The third-order valence-electron chi connectivity index (χ3n) is 5.03. The Kier molecular flexibility index (Phi) is 6.89. The first-order chi connectivity index (χ1) is 16.5. The highest BCUT2D eigenvalue weighted by Crippen LogP contribution is 2.37. The average Bonchev–Trinajstić information content (AvgIpc) is 2.84. The van der Waals surface area contributed by atoms with Crippen molar-refractivity contribution in [2.75, 3.05) is 17.3 Å². The number of halogens is 1. The minimum Gasteiger partial charge on any atom is -0.497 e. The van der Waals surface area contributed by atoms with Crippen molar-refractivity contribution in [1.29, 1.82) is 0 Å². The Morgan fingerprint density at radius 3 is 2.47 bits per heavy atom. The smallest absolute Gasteiger partial charge is 0.425 e. The molecule has 0 bridgehead atoms. The Labute approximate surface area is 202 Å². The number of benzene rings is 2. The van der Waals surface area contributed by atoms with Crippen LogP contribution in [-0.2, 0) is 0 Å². The van der Waals surface area contributed by atoms with Gasteiger partial charge in [0, 0.05) is 12.3 Å². The van der Waals surface area contributed by atoms with Gasteiger partial charge in [-0.3, -0.25) is 0 Å². The number of hydrogen-bond acceptors (Lipinski definition) is 7. The summed E-state index contributed by atoms with van der Waals surface area (Å²) in [6.45, 7) is 3.77. The minimum absolute atomic E-state index is 0.341. The van der Waals surface area contributed by atoms with Crippen LogP contribution in [0.15, 0.2) is 73.3 Å². The molecule has 172 valence electrons. The van der Waals surface area contributed by atoms with Crippen molar-refractivity contribution in [3.8, 4) is 11.5 Å². The molecule has 1 amide bonds. The standard InChI is InChI=1S/C25H22ClN5O3/c1-16-5-4-6-17(2)24(16)34-25(32)31(23-11-12-27-15-29-23)21-9-8-19(33-3)13-20(21)30-18-7-10-22(26)28-14-18/h4-15,30H,1-3H3. The van der Waals surface area contributed by atoms with Gasteiger partial charge in [0.1, 0.15) is 28.8 Å². The zero-order valence-corrected chi connectivity index (χ0v) is 19.6. The van der Waals surface area contributed by atoms with Crippen molar-refractivity contribution in [3.05, 3.63) is 89.6 Å². The molecule has 8 nitrogen and oxygen atoms in total. The monoisotopic (exact) mass is 475 g/mol. The largest absolute Gasteiger partial charge is 0.497 e. The van der Waals surface area contributed by atoms with Gasteiger partial charge < -0.3 is 14.8 Å². The van der Waals surface area contributed by atoms with E-state index in [9.17, 15) is 4.79 Å². The summed E-state index contributed by atoms with van der Waals surface area (Å²) in [5, 5.41) is 3.64. The maximum atomic E-state index is 13.6. The highest BCUT2D eigenvalue weighted by molar-refractivity contribution is 6.29. The number of carbonyl (C=O) groups excluding carboxylic acids is 1. The van der Waals surface area contributed by atoms with Crippen molar-refractivity contribution >= 4 is 40.6 Å². The number of pyridine rings is 1. The molecule has 0 saturated heterocycles. The summed E-state index contributed by atoms with van der Waals surface area (Å²) in [6, 6.07) is 16.0. The Bertz CT molecular complexity index is 1280. The molecule has 1 N–H and O–H groups in total. The quantitative estimate of drug-likeness (QED) is 0.330. The number of nitrogens with zero attached hydrogens (tertiary/aromatic N) is 4. The first-order valence-corrected chi connectivity index (χ1v) is 10.7. The summed E-state index contributed by atoms with van der Waals surface area (Å²) < 4.78 is 11.3. The van der Waals surface area contributed by atoms with Crippen molar-refractivity contribution in [1.82, 2.24) is 15.0 Å². The van der Waals surface area contributed by atoms with Crippen LogP contribution in [0, 0.1) is 13.8 Å². The van der Waals surface area contributed by atoms with E-state index in [1.807, 2.05) is 32.0 Å². The number of nitrogens with one attached hydrogen (secondary N) is 1. The topological polar surface area (TPSA) is 89.5 Å². The van der Waals surface area contributed by atoms with E-state index in [2.05, 4.69) is 20.3 Å². The van der Waals surface area contributed by atoms with Crippen molar-refractivity contribution in [3.63, 3.8) is 0 Å². The fourth-order valence-electron chi connectivity index (χ4n) is 3.37. The molecule has 4 rings (SSSR count). The van der Waals surface area contributed by atoms with Crippen LogP contribution in [0.1, 0.15) is 11.1 Å². The lowest BCUT2D eigenvalue weighted by atomic mass is 10.1. The molecule has 2 heterocycles. The number of anilines is 4. The minimum atomic E-state index is -0.626. The summed E-state index contributed by atoms with van der Waals surface area (Å²) in [4.78, 5) is 27.3. The summed E-state index contributed by atoms with van der Waals surface area (Å²) in [6.07, 6.45) is 3.89. The van der Waals surface area contributed by atoms with Crippen molar-refractivity contribution in [2.45, 2.75) is 13.8 Å². The second-order valence-corrected chi connectivity index (χ2v) is 7.76. The molecule has 0 atom stereocenters. The van der Waals surface area contributed by atoms with E-state index < -0.39 is 6.09 Å². The van der Waals surface area contributed by atoms with Gasteiger partial charge in [-0.05, 0) is 55.3 Å². The number of aryl methyl sites for hydroxylation is 2. The number of amides is 1. The molecule has 0 fully saturated rings. The summed E-state index contributed by atoms with van der Waals surface area (Å²) in [7, 11) is 1.57. The van der Waals surface area contributed by atoms with Gasteiger partial charge in [-0.15, -0.1) is 0 Å². The predicted molar refractivity (Wildman–Crippen MR) is 132 cm³/mol. The maximum absolute atomic E-state index is 13.6. The third-order valence-corrected chi connectivity index (χ3v) is 5.25. The lowest BCUT2D eigenvalue weighted by molar-refractivity contribution is 0.209. The average molecular weight is 476 g/mol. The predicted octanol–water partition coefficient (Wildman–Crippen LogP) is 6.23. The van der Waals surface area contributed by atoms with E-state index in [-0.39, 0.29) is 0 Å². The van der Waals surface area contributed by atoms with Crippen LogP contribution in [0.2, 0.25) is 5.15 Å². The van der Waals surface area contributed by atoms with Gasteiger partial charge in [-0.2, -0.15) is 0 Å². The molecule has 0 spiro atoms. The first kappa shape index (κ1) is 23.0. The van der Waals surface area contributed by atoms with E-state index in [1.165, 1.54) is 11.2 Å². The lowest BCUT2D eigenvalue weighted by Crippen LogP contribution is -2.31. The molecule has 0 radical (unpaired) electrons. The molecule has 0 unspecified atom stereocenters. The van der Waals surface area contributed by atoms with Crippen molar-refractivity contribution < 1.29 is 14.3 Å². The van der Waals surface area contributed by atoms with Crippen LogP contribution < -0.4 is 19.7 Å². The van der Waals surface area contributed by atoms with Gasteiger partial charge in [-0.25, -0.2) is 24.6 Å². The Morgan fingerprint density at radius 1 is 1.03 bits per heavy atom. The highest BCUT2D eigenvalue weighted by atomic mass is 35.5. The number of hydrogen-bond donors (Lipinski definition) is 1. The normalized spacial score (nSPS) is 10.5. The SMILES string of the molecule is COc1ccc(N(C(=O)Oc2c(C)cccc2C)c2ccncn2)c(Nc2ccc(Cl)nc2)c1. The molecular formula is C25H22ClN5O3. The van der Waals surface area contributed by atoms with Gasteiger partial charge >= 0.3 is 6.09 Å². The second-order valence-electron chi connectivity index (χ2n) is 7.37. The van der Waals surface area contributed by atoms with Crippen LogP contribution in [-0.4, -0.2) is 28.2 Å². The molecule has 34 heavy (non-hydrogen) atoms. The van der Waals surface area contributed by atoms with E-state index in [1.54, 1.807) is 55.9 Å². The van der Waals surface area contributed by atoms with E-state index in [0.717, 1.165) is 11.1 Å². The third kappa shape index (κ3) is 5.07. The Morgan fingerprint density at radius 2 is 1.82 bits per heavy atom. The van der Waals surface area contributed by atoms with Crippen LogP contribution in [0.25, 0.3) is 0 Å². The fourth-order valence-corrected chi connectivity index (χ4v) is 3.48. The molecule has 0 aliphatic heterocycles. The zero-order valence-electron chi connectivity index (χ0n) is 18.8. The van der Waals surface area contributed by atoms with Gasteiger partial charge in [0.25, 0.3) is 0 Å². The van der Waals surface area contributed by atoms with Crippen LogP contribution in [0.5, 0.6) is 11.5 Å². The van der Waals surface area contributed by atoms with Crippen LogP contribution in [0.4, 0.5) is 27.7 Å². The molecule has 0 aliphatic carbocycles. The number of methoxy groups -OCH3 is 1. The van der Waals surface area contributed by atoms with Crippen LogP contribution >= 0.6 is 11.6 Å². The van der Waals surface area contributed by atoms with Gasteiger partial charge in [0.15, 0.2) is 0 Å². The second kappa shape index (κ2) is 10.2. The summed E-state index contributed by atoms with van der Waals surface area (Å²) >= 11 is 5.93. The Balaban J connectivity index is 1.80. The highest BCUT2D eigenvalue weighted by Gasteiger charge is 2.26. The first-order valence-electron chi connectivity index (χ1n) is 10.4. The summed E-state index contributed by atoms with van der Waals surface area (Å²) in [5.41, 5.74) is 3.42. The van der Waals surface area contributed by atoms with E-state index in [4.69, 9.17) is 21.1 Å². The maximum Gasteiger partial charge on any atom is 0.425 e. The number of carbonyl (C=O) groups is 1. The molecule has 2 aromatic carbocycles.